The molecular weight excluding hydrogens is 368 g/mol. The first-order chi connectivity index (χ1) is 14.7. The zero-order valence-corrected chi connectivity index (χ0v) is 20.2. The Labute approximate surface area is 187 Å². The molecular formula is C27H48N2O. The van der Waals surface area contributed by atoms with Gasteiger partial charge in [0.15, 0.2) is 0 Å². The summed E-state index contributed by atoms with van der Waals surface area (Å²) in [6.07, 6.45) is 18.6. The quantitative estimate of drug-likeness (QED) is 0.230. The van der Waals surface area contributed by atoms with E-state index in [1.54, 1.807) is 0 Å². The Bertz CT molecular complexity index is 527. The average Bonchev–Trinajstić information content (AvgIpc) is 2.75. The summed E-state index contributed by atoms with van der Waals surface area (Å²) in [6, 6.07) is 8.47. The molecule has 0 bridgehead atoms. The van der Waals surface area contributed by atoms with Gasteiger partial charge in [0.2, 0.25) is 5.91 Å². The van der Waals surface area contributed by atoms with Gasteiger partial charge in [0.05, 0.1) is 0 Å². The zero-order valence-electron chi connectivity index (χ0n) is 20.2. The summed E-state index contributed by atoms with van der Waals surface area (Å²) >= 11 is 0. The summed E-state index contributed by atoms with van der Waals surface area (Å²) in [6.45, 7) is 8.91. The Balaban J connectivity index is 2.60. The maximum atomic E-state index is 12.1. The topological polar surface area (TPSA) is 32.3 Å². The van der Waals surface area contributed by atoms with Crippen molar-refractivity contribution in [1.29, 1.82) is 0 Å². The second kappa shape index (κ2) is 18.3. The van der Waals surface area contributed by atoms with Crippen LogP contribution in [0, 0.1) is 0 Å². The van der Waals surface area contributed by atoms with E-state index in [0.29, 0.717) is 6.42 Å². The van der Waals surface area contributed by atoms with Gasteiger partial charge in [-0.15, -0.1) is 0 Å². The normalized spacial score (nSPS) is 10.9. The van der Waals surface area contributed by atoms with Crippen LogP contribution in [0.25, 0.3) is 0 Å². The Morgan fingerprint density at radius 2 is 1.27 bits per heavy atom. The molecule has 1 N–H and O–H groups in total. The van der Waals surface area contributed by atoms with E-state index < -0.39 is 0 Å². The molecule has 1 rings (SSSR count). The van der Waals surface area contributed by atoms with Gasteiger partial charge in [-0.1, -0.05) is 97.5 Å². The van der Waals surface area contributed by atoms with Crippen LogP contribution in [-0.4, -0.2) is 19.0 Å². The summed E-state index contributed by atoms with van der Waals surface area (Å²) in [7, 11) is 0. The van der Waals surface area contributed by atoms with Crippen molar-refractivity contribution in [3.05, 3.63) is 24.3 Å². The van der Waals surface area contributed by atoms with Crippen molar-refractivity contribution in [3.8, 4) is 0 Å². The molecule has 1 aromatic rings. The van der Waals surface area contributed by atoms with Crippen LogP contribution in [0.2, 0.25) is 0 Å². The van der Waals surface area contributed by atoms with Crippen molar-refractivity contribution >= 4 is 17.3 Å². The predicted octanol–water partition coefficient (Wildman–Crippen LogP) is 8.34. The van der Waals surface area contributed by atoms with Crippen LogP contribution in [0.15, 0.2) is 24.3 Å². The van der Waals surface area contributed by atoms with Crippen LogP contribution in [0.3, 0.4) is 0 Å². The molecule has 0 fully saturated rings. The van der Waals surface area contributed by atoms with Crippen LogP contribution in [0.1, 0.15) is 117 Å². The van der Waals surface area contributed by atoms with E-state index >= 15 is 0 Å². The van der Waals surface area contributed by atoms with Gasteiger partial charge in [-0.25, -0.2) is 0 Å². The van der Waals surface area contributed by atoms with Crippen molar-refractivity contribution in [3.63, 3.8) is 0 Å². The monoisotopic (exact) mass is 416 g/mol. The van der Waals surface area contributed by atoms with Crippen LogP contribution >= 0.6 is 0 Å². The molecule has 3 heteroatoms. The number of carbonyl (C=O) groups excluding carboxylic acids is 1. The number of anilines is 2. The molecule has 0 saturated heterocycles. The number of rotatable bonds is 19. The number of unbranched alkanes of at least 4 members (excludes halogenated alkanes) is 11. The van der Waals surface area contributed by atoms with Crippen LogP contribution in [0.5, 0.6) is 0 Å². The summed E-state index contributed by atoms with van der Waals surface area (Å²) in [5, 5.41) is 3.09. The number of hydrogen-bond donors (Lipinski definition) is 1. The highest BCUT2D eigenvalue weighted by molar-refractivity contribution is 5.91. The van der Waals surface area contributed by atoms with Crippen LogP contribution in [0.4, 0.5) is 11.4 Å². The number of carbonyl (C=O) groups is 1. The lowest BCUT2D eigenvalue weighted by Crippen LogP contribution is -2.26. The molecule has 0 heterocycles. The van der Waals surface area contributed by atoms with Crippen molar-refractivity contribution in [1.82, 2.24) is 0 Å². The highest BCUT2D eigenvalue weighted by Crippen LogP contribution is 2.22. The fourth-order valence-corrected chi connectivity index (χ4v) is 3.88. The zero-order chi connectivity index (χ0) is 21.9. The number of nitrogens with zero attached hydrogens (tertiary/aromatic N) is 1. The summed E-state index contributed by atoms with van der Waals surface area (Å²) in [4.78, 5) is 14.7. The SMILES string of the molecule is CCCCCCCCN(CCCCCCCC)c1cccc(NC(=O)CCCC)c1. The lowest BCUT2D eigenvalue weighted by molar-refractivity contribution is -0.116. The maximum absolute atomic E-state index is 12.1. The molecule has 0 atom stereocenters. The highest BCUT2D eigenvalue weighted by Gasteiger charge is 2.09. The van der Waals surface area contributed by atoms with Gasteiger partial charge < -0.3 is 10.2 Å². The Hall–Kier alpha value is -1.51. The number of benzene rings is 1. The van der Waals surface area contributed by atoms with E-state index in [2.05, 4.69) is 49.2 Å². The fourth-order valence-electron chi connectivity index (χ4n) is 3.88. The minimum atomic E-state index is 0.132. The number of nitrogens with one attached hydrogen (secondary N) is 1. The van der Waals surface area contributed by atoms with Crippen molar-refractivity contribution in [2.24, 2.45) is 0 Å². The summed E-state index contributed by atoms with van der Waals surface area (Å²) < 4.78 is 0. The molecule has 30 heavy (non-hydrogen) atoms. The van der Waals surface area contributed by atoms with Gasteiger partial charge in [0, 0.05) is 30.9 Å². The van der Waals surface area contributed by atoms with E-state index in [9.17, 15) is 4.79 Å². The molecule has 0 aliphatic carbocycles. The molecule has 0 unspecified atom stereocenters. The fraction of sp³-hybridized carbons (Fsp3) is 0.741. The van der Waals surface area contributed by atoms with Gasteiger partial charge in [0.1, 0.15) is 0 Å². The van der Waals surface area contributed by atoms with Gasteiger partial charge in [-0.2, -0.15) is 0 Å². The first kappa shape index (κ1) is 26.5. The van der Waals surface area contributed by atoms with Crippen LogP contribution < -0.4 is 10.2 Å². The molecule has 3 nitrogen and oxygen atoms in total. The molecule has 1 aromatic carbocycles. The smallest absolute Gasteiger partial charge is 0.224 e. The van der Waals surface area contributed by atoms with Gasteiger partial charge in [-0.05, 0) is 37.5 Å². The molecule has 0 aromatic heterocycles. The third kappa shape index (κ3) is 12.9. The third-order valence-electron chi connectivity index (χ3n) is 5.82. The lowest BCUT2D eigenvalue weighted by atomic mass is 10.1. The number of hydrogen-bond acceptors (Lipinski definition) is 2. The first-order valence-corrected chi connectivity index (χ1v) is 12.9. The largest absolute Gasteiger partial charge is 0.371 e. The van der Waals surface area contributed by atoms with Crippen molar-refractivity contribution in [2.75, 3.05) is 23.3 Å². The molecule has 172 valence electrons. The second-order valence-electron chi connectivity index (χ2n) is 8.72. The molecule has 0 aliphatic heterocycles. The van der Waals surface area contributed by atoms with E-state index in [4.69, 9.17) is 0 Å². The second-order valence-corrected chi connectivity index (χ2v) is 8.72. The first-order valence-electron chi connectivity index (χ1n) is 12.9. The van der Waals surface area contributed by atoms with E-state index in [-0.39, 0.29) is 5.91 Å². The van der Waals surface area contributed by atoms with E-state index in [1.165, 1.54) is 82.7 Å². The van der Waals surface area contributed by atoms with E-state index in [1.807, 2.05) is 6.07 Å². The predicted molar refractivity (Wildman–Crippen MR) is 134 cm³/mol. The molecule has 0 radical (unpaired) electrons. The van der Waals surface area contributed by atoms with Crippen molar-refractivity contribution < 1.29 is 4.79 Å². The van der Waals surface area contributed by atoms with Gasteiger partial charge in [-0.3, -0.25) is 4.79 Å². The molecule has 0 spiro atoms. The standard InChI is InChI=1S/C27H48N2O/c1-4-7-10-12-14-16-22-29(23-17-15-13-11-8-5-2)26-20-18-19-25(24-26)28-27(30)21-9-6-3/h18-20,24H,4-17,21-23H2,1-3H3,(H,28,30). The van der Waals surface area contributed by atoms with Crippen molar-refractivity contribution in [2.45, 2.75) is 117 Å². The summed E-state index contributed by atoms with van der Waals surface area (Å²) in [5.74, 6) is 0.132. The Kier molecular flexibility index (Phi) is 16.2. The third-order valence-corrected chi connectivity index (χ3v) is 5.82. The molecule has 0 aliphatic rings. The van der Waals surface area contributed by atoms with Gasteiger partial charge in [0.25, 0.3) is 0 Å². The van der Waals surface area contributed by atoms with Gasteiger partial charge >= 0.3 is 0 Å². The van der Waals surface area contributed by atoms with E-state index in [0.717, 1.165) is 31.6 Å². The summed E-state index contributed by atoms with van der Waals surface area (Å²) in [5.41, 5.74) is 2.19. The highest BCUT2D eigenvalue weighted by atomic mass is 16.1. The average molecular weight is 417 g/mol. The lowest BCUT2D eigenvalue weighted by Gasteiger charge is -2.26. The molecule has 1 amide bonds. The minimum absolute atomic E-state index is 0.132. The maximum Gasteiger partial charge on any atom is 0.224 e. The van der Waals surface area contributed by atoms with Crippen LogP contribution in [-0.2, 0) is 4.79 Å². The molecule has 0 saturated carbocycles. The minimum Gasteiger partial charge on any atom is -0.371 e. The Morgan fingerprint density at radius 1 is 0.733 bits per heavy atom. The Morgan fingerprint density at radius 3 is 1.83 bits per heavy atom. The number of amides is 1.